The number of fused-ring (bicyclic) bond motifs is 1. The summed E-state index contributed by atoms with van der Waals surface area (Å²) in [6.07, 6.45) is 9.37. The normalized spacial score (nSPS) is 15.4. The van der Waals surface area contributed by atoms with Crippen LogP contribution >= 0.6 is 11.6 Å². The van der Waals surface area contributed by atoms with E-state index >= 15 is 0 Å². The van der Waals surface area contributed by atoms with E-state index in [1.807, 2.05) is 42.9 Å². The number of morpholine rings is 1. The van der Waals surface area contributed by atoms with Crippen molar-refractivity contribution in [2.75, 3.05) is 39.4 Å². The van der Waals surface area contributed by atoms with Crippen molar-refractivity contribution >= 4 is 17.2 Å². The highest BCUT2D eigenvalue weighted by atomic mass is 35.5. The van der Waals surface area contributed by atoms with Crippen LogP contribution in [0.4, 0.5) is 0 Å². The van der Waals surface area contributed by atoms with Gasteiger partial charge in [0.15, 0.2) is 5.65 Å². The van der Waals surface area contributed by atoms with Crippen molar-refractivity contribution in [3.05, 3.63) is 83.0 Å². The molecule has 4 aromatic rings. The first-order chi connectivity index (χ1) is 17.7. The van der Waals surface area contributed by atoms with Gasteiger partial charge >= 0.3 is 0 Å². The van der Waals surface area contributed by atoms with Crippen LogP contribution in [0, 0.1) is 0 Å². The van der Waals surface area contributed by atoms with Gasteiger partial charge in [-0.2, -0.15) is 0 Å². The summed E-state index contributed by atoms with van der Waals surface area (Å²) in [5.74, 6) is 0.265. The molecule has 0 saturated carbocycles. The molecule has 3 aromatic heterocycles. The molecular weight excluding hydrogens is 472 g/mol. The van der Waals surface area contributed by atoms with Gasteiger partial charge in [0, 0.05) is 36.2 Å². The van der Waals surface area contributed by atoms with Gasteiger partial charge in [-0.1, -0.05) is 29.8 Å². The van der Waals surface area contributed by atoms with E-state index in [0.717, 1.165) is 92.0 Å². The Bertz CT molecular complexity index is 1290. The summed E-state index contributed by atoms with van der Waals surface area (Å²) < 4.78 is 7.56. The molecule has 36 heavy (non-hydrogen) atoms. The van der Waals surface area contributed by atoms with Gasteiger partial charge < -0.3 is 10.5 Å². The topological polar surface area (TPSA) is 81.6 Å². The molecule has 4 heterocycles. The van der Waals surface area contributed by atoms with E-state index in [9.17, 15) is 0 Å². The second-order valence-corrected chi connectivity index (χ2v) is 9.75. The largest absolute Gasteiger partial charge is 0.379 e. The third kappa shape index (κ3) is 5.93. The minimum Gasteiger partial charge on any atom is -0.379 e. The third-order valence-electron chi connectivity index (χ3n) is 6.85. The van der Waals surface area contributed by atoms with Crippen molar-refractivity contribution in [3.8, 4) is 11.4 Å². The number of aryl methyl sites for hydroxylation is 1. The fourth-order valence-corrected chi connectivity index (χ4v) is 5.17. The average Bonchev–Trinajstić information content (AvgIpc) is 3.34. The molecule has 1 aliphatic rings. The summed E-state index contributed by atoms with van der Waals surface area (Å²) in [4.78, 5) is 16.8. The number of nitrogens with two attached hydrogens (primary N) is 1. The van der Waals surface area contributed by atoms with Crippen LogP contribution in [0.25, 0.3) is 17.0 Å². The molecule has 1 aromatic carbocycles. The van der Waals surface area contributed by atoms with Crippen LogP contribution in [-0.4, -0.2) is 63.6 Å². The number of rotatable bonds is 10. The summed E-state index contributed by atoms with van der Waals surface area (Å²) in [7, 11) is 0. The number of hydrogen-bond acceptors (Lipinski definition) is 6. The van der Waals surface area contributed by atoms with E-state index < -0.39 is 0 Å². The first kappa shape index (κ1) is 24.8. The van der Waals surface area contributed by atoms with Crippen molar-refractivity contribution in [2.45, 2.75) is 31.6 Å². The Labute approximate surface area is 217 Å². The molecule has 1 saturated heterocycles. The lowest BCUT2D eigenvalue weighted by Crippen LogP contribution is -2.37. The van der Waals surface area contributed by atoms with Gasteiger partial charge in [-0.15, -0.1) is 0 Å². The van der Waals surface area contributed by atoms with E-state index in [1.165, 1.54) is 5.56 Å². The van der Waals surface area contributed by atoms with Crippen LogP contribution in [0.5, 0.6) is 0 Å². The molecule has 0 spiro atoms. The van der Waals surface area contributed by atoms with Crippen molar-refractivity contribution in [1.82, 2.24) is 24.3 Å². The smallest absolute Gasteiger partial charge is 0.159 e. The van der Waals surface area contributed by atoms with Crippen LogP contribution < -0.4 is 5.73 Å². The Hall–Kier alpha value is -2.84. The molecule has 2 N–H and O–H groups in total. The molecule has 1 atom stereocenters. The molecule has 5 rings (SSSR count). The number of imidazole rings is 1. The molecule has 0 radical (unpaired) electrons. The highest BCUT2D eigenvalue weighted by Crippen LogP contribution is 2.27. The zero-order valence-corrected chi connectivity index (χ0v) is 21.3. The van der Waals surface area contributed by atoms with Gasteiger partial charge in [-0.05, 0) is 74.5 Å². The molecule has 188 valence electrons. The summed E-state index contributed by atoms with van der Waals surface area (Å²) in [5, 5.41) is 0.747. The molecule has 0 aliphatic carbocycles. The summed E-state index contributed by atoms with van der Waals surface area (Å²) in [6, 6.07) is 14.2. The lowest BCUT2D eigenvalue weighted by Gasteiger charge is -2.26. The molecule has 0 bridgehead atoms. The number of aromatic nitrogens is 4. The fourth-order valence-electron chi connectivity index (χ4n) is 4.97. The predicted molar refractivity (Wildman–Crippen MR) is 143 cm³/mol. The van der Waals surface area contributed by atoms with E-state index in [2.05, 4.69) is 32.5 Å². The van der Waals surface area contributed by atoms with Crippen LogP contribution in [0.15, 0.2) is 61.1 Å². The Morgan fingerprint density at radius 1 is 1.08 bits per heavy atom. The average molecular weight is 505 g/mol. The lowest BCUT2D eigenvalue weighted by molar-refractivity contribution is 0.0374. The zero-order valence-electron chi connectivity index (χ0n) is 20.5. The standard InChI is InChI=1S/C28H33ClN6O/c29-23-5-1-4-21(18-23)22(9-10-30)19-24-6-2-7-25(33-24)27-20-32-28-26(31-11-13-35(27)28)8-3-12-34-14-16-36-17-15-34/h1-2,4-7,11,13,18,20,22H,3,8-10,12,14-17,19,30H2. The van der Waals surface area contributed by atoms with Crippen LogP contribution in [0.1, 0.15) is 35.7 Å². The lowest BCUT2D eigenvalue weighted by atomic mass is 9.91. The molecular formula is C28H33ClN6O. The Morgan fingerprint density at radius 3 is 2.78 bits per heavy atom. The Balaban J connectivity index is 1.33. The molecule has 1 aliphatic heterocycles. The van der Waals surface area contributed by atoms with E-state index in [1.54, 1.807) is 0 Å². The Morgan fingerprint density at radius 2 is 1.94 bits per heavy atom. The second kappa shape index (κ2) is 11.9. The van der Waals surface area contributed by atoms with E-state index in [0.29, 0.717) is 6.54 Å². The SMILES string of the molecule is NCCC(Cc1cccc(-c2cnc3c(CCCN4CCOCC4)nccn23)n1)c1cccc(Cl)c1. The maximum absolute atomic E-state index is 6.26. The maximum Gasteiger partial charge on any atom is 0.159 e. The number of pyridine rings is 1. The molecule has 1 fully saturated rings. The van der Waals surface area contributed by atoms with Gasteiger partial charge in [-0.25, -0.2) is 4.98 Å². The molecule has 7 nitrogen and oxygen atoms in total. The van der Waals surface area contributed by atoms with Gasteiger partial charge in [0.05, 0.1) is 36.5 Å². The van der Waals surface area contributed by atoms with Crippen LogP contribution in [-0.2, 0) is 17.6 Å². The van der Waals surface area contributed by atoms with Crippen LogP contribution in [0.3, 0.4) is 0 Å². The fraction of sp³-hybridized carbons (Fsp3) is 0.393. The number of ether oxygens (including phenoxy) is 1. The van der Waals surface area contributed by atoms with E-state index in [-0.39, 0.29) is 5.92 Å². The van der Waals surface area contributed by atoms with Gasteiger partial charge in [0.25, 0.3) is 0 Å². The van der Waals surface area contributed by atoms with Gasteiger partial charge in [-0.3, -0.25) is 19.3 Å². The third-order valence-corrected chi connectivity index (χ3v) is 7.09. The van der Waals surface area contributed by atoms with E-state index in [4.69, 9.17) is 32.0 Å². The minimum absolute atomic E-state index is 0.265. The molecule has 1 unspecified atom stereocenters. The van der Waals surface area contributed by atoms with Gasteiger partial charge in [0.2, 0.25) is 0 Å². The Kier molecular flexibility index (Phi) is 8.23. The van der Waals surface area contributed by atoms with Crippen molar-refractivity contribution < 1.29 is 4.74 Å². The second-order valence-electron chi connectivity index (χ2n) is 9.32. The first-order valence-corrected chi connectivity index (χ1v) is 13.1. The summed E-state index contributed by atoms with van der Waals surface area (Å²) >= 11 is 6.26. The number of nitrogens with zero attached hydrogens (tertiary/aromatic N) is 5. The zero-order chi connectivity index (χ0) is 24.7. The highest BCUT2D eigenvalue weighted by molar-refractivity contribution is 6.30. The van der Waals surface area contributed by atoms with Crippen molar-refractivity contribution in [3.63, 3.8) is 0 Å². The highest BCUT2D eigenvalue weighted by Gasteiger charge is 2.16. The van der Waals surface area contributed by atoms with Crippen LogP contribution in [0.2, 0.25) is 5.02 Å². The minimum atomic E-state index is 0.265. The van der Waals surface area contributed by atoms with Crippen molar-refractivity contribution in [1.29, 1.82) is 0 Å². The molecule has 0 amide bonds. The first-order valence-electron chi connectivity index (χ1n) is 12.7. The predicted octanol–water partition coefficient (Wildman–Crippen LogP) is 4.38. The van der Waals surface area contributed by atoms with Gasteiger partial charge in [0.1, 0.15) is 0 Å². The quantitative estimate of drug-likeness (QED) is 0.345. The monoisotopic (exact) mass is 504 g/mol. The summed E-state index contributed by atoms with van der Waals surface area (Å²) in [6.45, 7) is 5.35. The number of hydrogen-bond donors (Lipinski definition) is 1. The van der Waals surface area contributed by atoms with Crippen molar-refractivity contribution in [2.24, 2.45) is 5.73 Å². The number of benzene rings is 1. The number of halogens is 1. The molecule has 8 heteroatoms. The summed E-state index contributed by atoms with van der Waals surface area (Å²) in [5.41, 5.74) is 12.0. The maximum atomic E-state index is 6.26.